The first kappa shape index (κ1) is 42.8. The lowest BCUT2D eigenvalue weighted by atomic mass is 10.4. The Labute approximate surface area is 132 Å². The van der Waals surface area contributed by atoms with Crippen LogP contribution in [-0.4, -0.2) is 6.54 Å². The van der Waals surface area contributed by atoms with Gasteiger partial charge in [0.1, 0.15) is 0 Å². The van der Waals surface area contributed by atoms with Crippen LogP contribution in [0.4, 0.5) is 0 Å². The topological polar surface area (TPSA) is 26.0 Å². The quantitative estimate of drug-likeness (QED) is 0.414. The summed E-state index contributed by atoms with van der Waals surface area (Å²) < 4.78 is 0. The van der Waals surface area contributed by atoms with Crippen LogP contribution in [-0.2, 0) is 0 Å². The largest absolute Gasteiger partial charge is 0.327 e. The van der Waals surface area contributed by atoms with E-state index >= 15 is 0 Å². The van der Waals surface area contributed by atoms with Crippen LogP contribution in [0.1, 0.15) is 82.6 Å². The van der Waals surface area contributed by atoms with Crippen molar-refractivity contribution in [1.82, 2.24) is 0 Å². The van der Waals surface area contributed by atoms with Crippen LogP contribution in [0.15, 0.2) is 24.3 Å². The Morgan fingerprint density at radius 1 is 0.800 bits per heavy atom. The first-order chi connectivity index (χ1) is 9.42. The van der Waals surface area contributed by atoms with Gasteiger partial charge in [0.15, 0.2) is 0 Å². The van der Waals surface area contributed by atoms with E-state index in [1.165, 1.54) is 12.0 Å². The molecule has 1 heteroatoms. The number of allylic oxidation sites excluding steroid dienone is 1. The summed E-state index contributed by atoms with van der Waals surface area (Å²) >= 11 is 0. The number of terminal acetylenes is 1. The molecule has 0 saturated carbocycles. The first-order valence-electron chi connectivity index (χ1n) is 7.72. The summed E-state index contributed by atoms with van der Waals surface area (Å²) in [5, 5.41) is 0. The van der Waals surface area contributed by atoms with Crippen molar-refractivity contribution in [2.24, 2.45) is 5.73 Å². The van der Waals surface area contributed by atoms with Crippen molar-refractivity contribution < 1.29 is 0 Å². The molecule has 0 spiro atoms. The van der Waals surface area contributed by atoms with Crippen LogP contribution in [0.25, 0.3) is 0 Å². The minimum atomic E-state index is 0.611. The van der Waals surface area contributed by atoms with Crippen LogP contribution in [0.5, 0.6) is 0 Å². The van der Waals surface area contributed by atoms with E-state index in [4.69, 9.17) is 5.73 Å². The highest BCUT2D eigenvalue weighted by Crippen LogP contribution is 1.74. The predicted octanol–water partition coefficient (Wildman–Crippen LogP) is 6.85. The zero-order valence-electron chi connectivity index (χ0n) is 16.6. The molecule has 0 aliphatic rings. The minimum absolute atomic E-state index is 0.611. The third-order valence-electron chi connectivity index (χ3n) is 0.348. The monoisotopic (exact) mass is 287 g/mol. The molecule has 0 amide bonds. The summed E-state index contributed by atoms with van der Waals surface area (Å²) in [4.78, 5) is 0. The van der Waals surface area contributed by atoms with Gasteiger partial charge >= 0.3 is 0 Å². The zero-order chi connectivity index (χ0) is 18.6. The molecule has 0 saturated heterocycles. The van der Waals surface area contributed by atoms with Crippen LogP contribution < -0.4 is 5.73 Å². The van der Waals surface area contributed by atoms with Gasteiger partial charge in [0.05, 0.1) is 0 Å². The molecule has 20 heavy (non-hydrogen) atoms. The van der Waals surface area contributed by atoms with Crippen molar-refractivity contribution in [1.29, 1.82) is 0 Å². The van der Waals surface area contributed by atoms with Crippen LogP contribution in [0.3, 0.4) is 0 Å². The molecule has 1 nitrogen and oxygen atoms in total. The van der Waals surface area contributed by atoms with E-state index in [1.807, 2.05) is 62.3 Å². The van der Waals surface area contributed by atoms with Crippen molar-refractivity contribution in [3.8, 4) is 12.8 Å². The fourth-order valence-corrected chi connectivity index (χ4v) is 0. The van der Waals surface area contributed by atoms with E-state index in [9.17, 15) is 0 Å². The van der Waals surface area contributed by atoms with Gasteiger partial charge in [0.25, 0.3) is 0 Å². The highest BCUT2D eigenvalue weighted by molar-refractivity contribution is 4.88. The van der Waals surface area contributed by atoms with E-state index in [1.54, 1.807) is 0 Å². The summed E-state index contributed by atoms with van der Waals surface area (Å²) in [5.41, 5.74) is 7.27. The van der Waals surface area contributed by atoms with Gasteiger partial charge in [-0.3, -0.25) is 0 Å². The molecule has 0 aromatic carbocycles. The second kappa shape index (κ2) is 106. The maximum atomic E-state index is 5.07. The van der Waals surface area contributed by atoms with Crippen molar-refractivity contribution in [3.05, 3.63) is 24.3 Å². The summed E-state index contributed by atoms with van der Waals surface area (Å²) in [6.07, 6.45) is 9.25. The first-order valence-corrected chi connectivity index (χ1v) is 7.72. The normalized spacial score (nSPS) is 5.10. The predicted molar refractivity (Wildman–Crippen MR) is 104 cm³/mol. The van der Waals surface area contributed by atoms with Crippen LogP contribution >= 0.6 is 0 Å². The highest BCUT2D eigenvalue weighted by Gasteiger charge is 1.67. The average Bonchev–Trinajstić information content (AvgIpc) is 2.47. The molecule has 0 aliphatic carbocycles. The Kier molecular flexibility index (Phi) is 227. The molecule has 0 radical (unpaired) electrons. The lowest BCUT2D eigenvalue weighted by Gasteiger charge is -1.80. The van der Waals surface area contributed by atoms with E-state index < -0.39 is 0 Å². The number of rotatable bonds is 1. The van der Waals surface area contributed by atoms with E-state index in [0.29, 0.717) is 6.54 Å². The van der Waals surface area contributed by atoms with Gasteiger partial charge in [-0.2, -0.15) is 0 Å². The fraction of sp³-hybridized carbons (Fsp3) is 0.684. The molecule has 2 N–H and O–H groups in total. The van der Waals surface area contributed by atoms with Crippen molar-refractivity contribution >= 4 is 0 Å². The lowest BCUT2D eigenvalue weighted by Crippen LogP contribution is -1.97. The zero-order valence-corrected chi connectivity index (χ0v) is 16.6. The van der Waals surface area contributed by atoms with Gasteiger partial charge in [0, 0.05) is 6.54 Å². The molecule has 0 fully saturated rings. The Bertz CT molecular complexity index is 128. The maximum absolute atomic E-state index is 5.07. The molecule has 0 rings (SSSR count). The van der Waals surface area contributed by atoms with Gasteiger partial charge in [-0.05, 0) is 20.8 Å². The number of nitrogens with two attached hydrogens (primary N) is 1. The molecule has 0 bridgehead atoms. The summed E-state index contributed by atoms with van der Waals surface area (Å²) in [7, 11) is 0. The molecule has 0 atom stereocenters. The molecule has 0 unspecified atom stereocenters. The van der Waals surface area contributed by atoms with Crippen molar-refractivity contribution in [3.63, 3.8) is 0 Å². The summed E-state index contributed by atoms with van der Waals surface area (Å²) in [6.45, 7) is 29.8. The third-order valence-corrected chi connectivity index (χ3v) is 0.348. The summed E-state index contributed by atoms with van der Waals surface area (Å²) in [6, 6.07) is 0. The van der Waals surface area contributed by atoms with Gasteiger partial charge in [-0.25, -0.2) is 0 Å². The van der Waals surface area contributed by atoms with Crippen molar-refractivity contribution in [2.45, 2.75) is 82.6 Å². The molecule has 0 aliphatic heterocycles. The molecular formula is C19H45N. The second-order valence-electron chi connectivity index (χ2n) is 3.08. The summed E-state index contributed by atoms with van der Waals surface area (Å²) in [5.74, 6) is 0. The van der Waals surface area contributed by atoms with Gasteiger partial charge in [0.2, 0.25) is 0 Å². The smallest absolute Gasteiger partial charge is 0.0131 e. The van der Waals surface area contributed by atoms with Gasteiger partial charge < -0.3 is 5.73 Å². The second-order valence-corrected chi connectivity index (χ2v) is 3.08. The maximum Gasteiger partial charge on any atom is 0.0131 e. The van der Waals surface area contributed by atoms with Gasteiger partial charge in [-0.1, -0.05) is 79.5 Å². The van der Waals surface area contributed by atoms with Crippen molar-refractivity contribution in [2.75, 3.05) is 6.54 Å². The van der Waals surface area contributed by atoms with E-state index in [2.05, 4.69) is 39.9 Å². The number of hydrogen-bond donors (Lipinski definition) is 1. The standard InChI is InChI=1S/C4H9N.C4H8.C3H8.3C2H6.C2H2/c1-4(2)3-5;1-4(2)3;1-3-2;4*1-2/h1,3,5H2,2H3;1H2,2-3H3;3H2,1-2H3;3*1-2H3;1-2H. The van der Waals surface area contributed by atoms with Crippen LogP contribution in [0.2, 0.25) is 0 Å². The SMILES string of the molecule is C#C.C=C(C)C.C=C(C)CN.CC.CC.CC.CCC. The Balaban J connectivity index is -0.0000000206. The average molecular weight is 288 g/mol. The van der Waals surface area contributed by atoms with E-state index in [-0.39, 0.29) is 0 Å². The Hall–Kier alpha value is -1.00. The molecular weight excluding hydrogens is 242 g/mol. The third kappa shape index (κ3) is 4350. The lowest BCUT2D eigenvalue weighted by molar-refractivity contribution is 1.09. The Morgan fingerprint density at radius 3 is 0.850 bits per heavy atom. The molecule has 0 heterocycles. The minimum Gasteiger partial charge on any atom is -0.327 e. The number of hydrogen-bond acceptors (Lipinski definition) is 1. The highest BCUT2D eigenvalue weighted by atomic mass is 14.5. The molecule has 0 aromatic heterocycles. The van der Waals surface area contributed by atoms with E-state index in [0.717, 1.165) is 5.57 Å². The van der Waals surface area contributed by atoms with Crippen LogP contribution in [0, 0.1) is 12.8 Å². The molecule has 126 valence electrons. The Morgan fingerprint density at radius 2 is 0.850 bits per heavy atom. The fourth-order valence-electron chi connectivity index (χ4n) is 0. The van der Waals surface area contributed by atoms with Gasteiger partial charge in [-0.15, -0.1) is 19.4 Å². The molecule has 0 aromatic rings.